The molecule has 6 nitrogen and oxygen atoms in total. The summed E-state index contributed by atoms with van der Waals surface area (Å²) in [5.74, 6) is -0.0399. The quantitative estimate of drug-likeness (QED) is 0.629. The molecule has 1 aliphatic heterocycles. The number of aromatic hydroxyl groups is 1. The molecule has 0 unspecified atom stereocenters. The molecule has 1 aromatic carbocycles. The van der Waals surface area contributed by atoms with Crippen molar-refractivity contribution in [1.82, 2.24) is 4.90 Å². The normalized spacial score (nSPS) is 37.6. The SMILES string of the molecule is NC(=O)c1ccc2c(c1O)[C@]13CCN(CC4CCC4)[C@H](C2)[C@]1(O)CC[C@H](O)C3. The van der Waals surface area contributed by atoms with Gasteiger partial charge in [0.1, 0.15) is 5.75 Å². The van der Waals surface area contributed by atoms with E-state index >= 15 is 0 Å². The zero-order chi connectivity index (χ0) is 19.7. The molecule has 0 spiro atoms. The maximum absolute atomic E-state index is 12.1. The van der Waals surface area contributed by atoms with Crippen molar-refractivity contribution in [3.63, 3.8) is 0 Å². The van der Waals surface area contributed by atoms with Crippen LogP contribution in [0.1, 0.15) is 66.4 Å². The zero-order valence-corrected chi connectivity index (χ0v) is 16.2. The molecule has 1 saturated heterocycles. The fourth-order valence-corrected chi connectivity index (χ4v) is 6.61. The van der Waals surface area contributed by atoms with Gasteiger partial charge in [0.25, 0.3) is 5.91 Å². The summed E-state index contributed by atoms with van der Waals surface area (Å²) in [7, 11) is 0. The number of aliphatic hydroxyl groups is 2. The summed E-state index contributed by atoms with van der Waals surface area (Å²) in [6.45, 7) is 1.86. The molecule has 152 valence electrons. The lowest BCUT2D eigenvalue weighted by atomic mass is 9.48. The number of nitrogens with two attached hydrogens (primary N) is 1. The molecule has 4 aliphatic rings. The first-order valence-corrected chi connectivity index (χ1v) is 10.7. The third-order valence-electron chi connectivity index (χ3n) is 8.23. The van der Waals surface area contributed by atoms with Crippen LogP contribution < -0.4 is 5.73 Å². The highest BCUT2D eigenvalue weighted by atomic mass is 16.3. The minimum atomic E-state index is -1.00. The predicted octanol–water partition coefficient (Wildman–Crippen LogP) is 1.44. The molecule has 5 N–H and O–H groups in total. The zero-order valence-electron chi connectivity index (χ0n) is 16.2. The van der Waals surface area contributed by atoms with Gasteiger partial charge in [0, 0.05) is 23.6 Å². The average Bonchev–Trinajstić information content (AvgIpc) is 2.59. The minimum Gasteiger partial charge on any atom is -0.507 e. The van der Waals surface area contributed by atoms with E-state index in [2.05, 4.69) is 4.90 Å². The molecule has 6 heteroatoms. The number of rotatable bonds is 3. The van der Waals surface area contributed by atoms with E-state index in [0.29, 0.717) is 37.7 Å². The Hall–Kier alpha value is -1.63. The number of piperidine rings is 1. The van der Waals surface area contributed by atoms with Gasteiger partial charge in [-0.15, -0.1) is 0 Å². The van der Waals surface area contributed by atoms with Crippen LogP contribution in [0.5, 0.6) is 5.75 Å². The van der Waals surface area contributed by atoms with Gasteiger partial charge in [0.15, 0.2) is 0 Å². The summed E-state index contributed by atoms with van der Waals surface area (Å²) in [6, 6.07) is 3.47. The second kappa shape index (κ2) is 6.18. The number of carbonyl (C=O) groups excluding carboxylic acids is 1. The van der Waals surface area contributed by atoms with Crippen LogP contribution in [0.4, 0.5) is 0 Å². The van der Waals surface area contributed by atoms with E-state index in [-0.39, 0.29) is 17.4 Å². The topological polar surface area (TPSA) is 107 Å². The number of likely N-dealkylation sites (tertiary alicyclic amines) is 1. The number of phenols is 1. The average molecular weight is 386 g/mol. The number of nitrogens with zero attached hydrogens (tertiary/aromatic N) is 1. The number of fused-ring (bicyclic) bond motifs is 1. The molecule has 0 aromatic heterocycles. The van der Waals surface area contributed by atoms with E-state index in [9.17, 15) is 20.1 Å². The van der Waals surface area contributed by atoms with Crippen molar-refractivity contribution in [2.24, 2.45) is 11.7 Å². The van der Waals surface area contributed by atoms with Crippen LogP contribution in [0.3, 0.4) is 0 Å². The molecular formula is C22H30N2O4. The Balaban J connectivity index is 1.65. The Labute approximate surface area is 165 Å². The molecule has 3 aliphatic carbocycles. The van der Waals surface area contributed by atoms with E-state index in [0.717, 1.165) is 24.6 Å². The van der Waals surface area contributed by atoms with Crippen LogP contribution in [-0.4, -0.2) is 57.0 Å². The first-order valence-electron chi connectivity index (χ1n) is 10.7. The van der Waals surface area contributed by atoms with E-state index in [1.807, 2.05) is 6.07 Å². The van der Waals surface area contributed by atoms with Crippen LogP contribution in [0.2, 0.25) is 0 Å². The smallest absolute Gasteiger partial charge is 0.252 e. The van der Waals surface area contributed by atoms with Crippen molar-refractivity contribution in [3.8, 4) is 5.75 Å². The van der Waals surface area contributed by atoms with Crippen molar-refractivity contribution >= 4 is 5.91 Å². The molecule has 1 aromatic rings. The Morgan fingerprint density at radius 2 is 2.04 bits per heavy atom. The lowest BCUT2D eigenvalue weighted by Gasteiger charge is -2.64. The number of carbonyl (C=O) groups is 1. The third kappa shape index (κ3) is 2.34. The standard InChI is InChI=1S/C22H30N2O4/c23-20(27)16-5-4-14-10-17-22(28)7-6-15(25)11-21(22,18(14)19(16)26)8-9-24(17)12-13-2-1-3-13/h4-5,13,15,17,25-26,28H,1-3,6-12H2,(H2,23,27)/t15-,17+,21+,22+/m0/s1. The number of primary amides is 1. The van der Waals surface area contributed by atoms with Gasteiger partial charge in [0.2, 0.25) is 0 Å². The summed E-state index contributed by atoms with van der Waals surface area (Å²) in [5.41, 5.74) is 5.49. The van der Waals surface area contributed by atoms with Crippen LogP contribution in [0.25, 0.3) is 0 Å². The lowest BCUT2D eigenvalue weighted by Crippen LogP contribution is -2.73. The fourth-order valence-electron chi connectivity index (χ4n) is 6.61. The van der Waals surface area contributed by atoms with Gasteiger partial charge < -0.3 is 21.1 Å². The van der Waals surface area contributed by atoms with E-state index < -0.39 is 23.0 Å². The first kappa shape index (κ1) is 18.4. The maximum Gasteiger partial charge on any atom is 0.252 e. The van der Waals surface area contributed by atoms with Crippen LogP contribution in [0.15, 0.2) is 12.1 Å². The molecule has 2 bridgehead atoms. The van der Waals surface area contributed by atoms with Gasteiger partial charge >= 0.3 is 0 Å². The van der Waals surface area contributed by atoms with E-state index in [1.165, 1.54) is 19.3 Å². The molecule has 1 heterocycles. The van der Waals surface area contributed by atoms with Crippen molar-refractivity contribution in [3.05, 3.63) is 28.8 Å². The monoisotopic (exact) mass is 386 g/mol. The Morgan fingerprint density at radius 1 is 1.25 bits per heavy atom. The largest absolute Gasteiger partial charge is 0.507 e. The number of hydrogen-bond acceptors (Lipinski definition) is 5. The number of amides is 1. The van der Waals surface area contributed by atoms with Crippen LogP contribution in [-0.2, 0) is 11.8 Å². The Kier molecular flexibility index (Phi) is 4.06. The number of benzene rings is 1. The van der Waals surface area contributed by atoms with Crippen molar-refractivity contribution in [2.45, 2.75) is 74.5 Å². The van der Waals surface area contributed by atoms with Gasteiger partial charge in [-0.2, -0.15) is 0 Å². The molecule has 4 atom stereocenters. The summed E-state index contributed by atoms with van der Waals surface area (Å²) in [4.78, 5) is 14.3. The van der Waals surface area contributed by atoms with Gasteiger partial charge in [-0.1, -0.05) is 12.5 Å². The van der Waals surface area contributed by atoms with Crippen molar-refractivity contribution < 1.29 is 20.1 Å². The summed E-state index contributed by atoms with van der Waals surface area (Å²) < 4.78 is 0. The van der Waals surface area contributed by atoms with E-state index in [4.69, 9.17) is 5.73 Å². The highest BCUT2D eigenvalue weighted by molar-refractivity contribution is 5.96. The highest BCUT2D eigenvalue weighted by Crippen LogP contribution is 2.60. The van der Waals surface area contributed by atoms with Crippen LogP contribution in [0, 0.1) is 5.92 Å². The van der Waals surface area contributed by atoms with Gasteiger partial charge in [-0.3, -0.25) is 9.69 Å². The van der Waals surface area contributed by atoms with Crippen molar-refractivity contribution in [1.29, 1.82) is 0 Å². The fraction of sp³-hybridized carbons (Fsp3) is 0.682. The molecule has 1 amide bonds. The molecular weight excluding hydrogens is 356 g/mol. The molecule has 3 fully saturated rings. The summed E-state index contributed by atoms with van der Waals surface area (Å²) >= 11 is 0. The Morgan fingerprint density at radius 3 is 2.71 bits per heavy atom. The summed E-state index contributed by atoms with van der Waals surface area (Å²) in [5, 5.41) is 33.6. The lowest BCUT2D eigenvalue weighted by molar-refractivity contribution is -0.185. The number of hydrogen-bond donors (Lipinski definition) is 4. The second-order valence-electron chi connectivity index (χ2n) is 9.52. The molecule has 5 rings (SSSR count). The summed E-state index contributed by atoms with van der Waals surface area (Å²) in [6.07, 6.45) is 6.15. The number of aliphatic hydroxyl groups excluding tert-OH is 1. The third-order valence-corrected chi connectivity index (χ3v) is 8.23. The maximum atomic E-state index is 12.1. The van der Waals surface area contributed by atoms with Crippen LogP contribution >= 0.6 is 0 Å². The predicted molar refractivity (Wildman–Crippen MR) is 104 cm³/mol. The van der Waals surface area contributed by atoms with Gasteiger partial charge in [-0.25, -0.2) is 0 Å². The van der Waals surface area contributed by atoms with Crippen molar-refractivity contribution in [2.75, 3.05) is 13.1 Å². The van der Waals surface area contributed by atoms with Gasteiger partial charge in [-0.05, 0) is 69.0 Å². The molecule has 2 saturated carbocycles. The highest BCUT2D eigenvalue weighted by Gasteiger charge is 2.65. The van der Waals surface area contributed by atoms with Gasteiger partial charge in [0.05, 0.1) is 17.3 Å². The minimum absolute atomic E-state index is 0.0133. The molecule has 28 heavy (non-hydrogen) atoms. The first-order chi connectivity index (χ1) is 13.4. The van der Waals surface area contributed by atoms with E-state index in [1.54, 1.807) is 6.07 Å². The second-order valence-corrected chi connectivity index (χ2v) is 9.52. The Bertz CT molecular complexity index is 823. The molecule has 0 radical (unpaired) electrons.